The molecule has 0 bridgehead atoms. The number of nitrogens with one attached hydrogen (secondary N) is 1. The SMILES string of the molecule is Cc1nc(NC[C@H](C)Oc2ncc(C(F)(F)F)cc2Cl)c(Cl)c(C(F)F)n1. The highest BCUT2D eigenvalue weighted by atomic mass is 35.5. The number of hydrogen-bond acceptors (Lipinski definition) is 5. The topological polar surface area (TPSA) is 59.9 Å². The van der Waals surface area contributed by atoms with E-state index in [9.17, 15) is 22.0 Å². The molecule has 2 rings (SSSR count). The smallest absolute Gasteiger partial charge is 0.417 e. The summed E-state index contributed by atoms with van der Waals surface area (Å²) in [6.45, 7) is 3.04. The molecule has 27 heavy (non-hydrogen) atoms. The molecule has 0 aliphatic rings. The first-order valence-corrected chi connectivity index (χ1v) is 8.20. The van der Waals surface area contributed by atoms with Crippen molar-refractivity contribution in [1.82, 2.24) is 15.0 Å². The summed E-state index contributed by atoms with van der Waals surface area (Å²) in [5.74, 6) is -0.114. The van der Waals surface area contributed by atoms with Gasteiger partial charge in [0.1, 0.15) is 33.5 Å². The second-order valence-corrected chi connectivity index (χ2v) is 6.22. The summed E-state index contributed by atoms with van der Waals surface area (Å²) in [6, 6.07) is 0.698. The average molecular weight is 431 g/mol. The first kappa shape index (κ1) is 21.4. The van der Waals surface area contributed by atoms with Crippen LogP contribution in [-0.2, 0) is 6.18 Å². The molecule has 2 heterocycles. The minimum atomic E-state index is -4.58. The maximum atomic E-state index is 12.9. The first-order valence-electron chi connectivity index (χ1n) is 7.44. The fraction of sp³-hybridized carbons (Fsp3) is 0.400. The van der Waals surface area contributed by atoms with Crippen molar-refractivity contribution in [1.29, 1.82) is 0 Å². The first-order chi connectivity index (χ1) is 12.5. The van der Waals surface area contributed by atoms with Gasteiger partial charge in [0.25, 0.3) is 6.43 Å². The lowest BCUT2D eigenvalue weighted by Gasteiger charge is -2.17. The average Bonchev–Trinajstić information content (AvgIpc) is 2.56. The molecule has 0 amide bonds. The van der Waals surface area contributed by atoms with E-state index in [1.807, 2.05) is 0 Å². The Kier molecular flexibility index (Phi) is 6.63. The van der Waals surface area contributed by atoms with Crippen LogP contribution in [0.5, 0.6) is 5.88 Å². The molecule has 148 valence electrons. The Bertz CT molecular complexity index is 820. The molecule has 0 radical (unpaired) electrons. The van der Waals surface area contributed by atoms with Gasteiger partial charge in [0.15, 0.2) is 0 Å². The Morgan fingerprint density at radius 3 is 2.44 bits per heavy atom. The molecule has 0 fully saturated rings. The number of nitrogens with zero attached hydrogens (tertiary/aromatic N) is 3. The number of pyridine rings is 1. The van der Waals surface area contributed by atoms with Crippen molar-refractivity contribution in [2.45, 2.75) is 32.6 Å². The molecular weight excluding hydrogens is 418 g/mol. The van der Waals surface area contributed by atoms with Gasteiger partial charge >= 0.3 is 6.18 Å². The quantitative estimate of drug-likeness (QED) is 0.628. The number of halogens is 7. The Morgan fingerprint density at radius 1 is 1.22 bits per heavy atom. The van der Waals surface area contributed by atoms with Gasteiger partial charge in [0.2, 0.25) is 5.88 Å². The highest BCUT2D eigenvalue weighted by Crippen LogP contribution is 2.33. The molecule has 2 aromatic heterocycles. The minimum Gasteiger partial charge on any atom is -0.472 e. The lowest BCUT2D eigenvalue weighted by atomic mass is 10.3. The van der Waals surface area contributed by atoms with Crippen molar-refractivity contribution in [2.24, 2.45) is 0 Å². The van der Waals surface area contributed by atoms with Crippen LogP contribution in [0.1, 0.15) is 30.4 Å². The van der Waals surface area contributed by atoms with Gasteiger partial charge in [-0.05, 0) is 19.9 Å². The van der Waals surface area contributed by atoms with Crippen molar-refractivity contribution >= 4 is 29.0 Å². The van der Waals surface area contributed by atoms with E-state index in [-0.39, 0.29) is 34.1 Å². The minimum absolute atomic E-state index is 0.0126. The third-order valence-corrected chi connectivity index (χ3v) is 3.84. The van der Waals surface area contributed by atoms with E-state index in [1.165, 1.54) is 6.92 Å². The molecule has 2 aromatic rings. The predicted octanol–water partition coefficient (Wildman–Crippen LogP) is 5.32. The van der Waals surface area contributed by atoms with Gasteiger partial charge in [-0.3, -0.25) is 0 Å². The number of ether oxygens (including phenoxy) is 1. The van der Waals surface area contributed by atoms with E-state index in [0.29, 0.717) is 12.3 Å². The third kappa shape index (κ3) is 5.52. The highest BCUT2D eigenvalue weighted by molar-refractivity contribution is 6.33. The van der Waals surface area contributed by atoms with E-state index in [0.717, 1.165) is 0 Å². The van der Waals surface area contributed by atoms with Crippen LogP contribution in [0.2, 0.25) is 10.0 Å². The lowest BCUT2D eigenvalue weighted by Crippen LogP contribution is -2.24. The summed E-state index contributed by atoms with van der Waals surface area (Å²) >= 11 is 11.6. The standard InChI is InChI=1S/C15H13Cl2F5N4O/c1-6(27-14-9(16)3-8(5-24-14)15(20,21)22)4-23-13-10(17)11(12(18)19)25-7(2)26-13/h3,5-6,12H,4H2,1-2H3,(H,23,25,26)/t6-/m0/s1. The van der Waals surface area contributed by atoms with E-state index in [2.05, 4.69) is 20.3 Å². The van der Waals surface area contributed by atoms with Crippen LogP contribution in [0.3, 0.4) is 0 Å². The Labute approximate surface area is 160 Å². The van der Waals surface area contributed by atoms with Crippen LogP contribution in [0.4, 0.5) is 27.8 Å². The van der Waals surface area contributed by atoms with Crippen LogP contribution >= 0.6 is 23.2 Å². The number of aryl methyl sites for hydroxylation is 1. The van der Waals surface area contributed by atoms with Crippen molar-refractivity contribution in [3.05, 3.63) is 39.4 Å². The van der Waals surface area contributed by atoms with Gasteiger partial charge in [0, 0.05) is 6.20 Å². The zero-order chi connectivity index (χ0) is 20.4. The third-order valence-electron chi connectivity index (χ3n) is 3.20. The molecule has 12 heteroatoms. The van der Waals surface area contributed by atoms with Gasteiger partial charge in [-0.25, -0.2) is 23.7 Å². The number of anilines is 1. The van der Waals surface area contributed by atoms with Crippen LogP contribution in [0.25, 0.3) is 0 Å². The fourth-order valence-corrected chi connectivity index (χ4v) is 2.43. The molecule has 0 aliphatic carbocycles. The summed E-state index contributed by atoms with van der Waals surface area (Å²) in [5.41, 5.74) is -1.61. The number of alkyl halides is 5. The molecule has 0 saturated heterocycles. The monoisotopic (exact) mass is 430 g/mol. The summed E-state index contributed by atoms with van der Waals surface area (Å²) in [4.78, 5) is 11.1. The van der Waals surface area contributed by atoms with Gasteiger partial charge in [-0.15, -0.1) is 0 Å². The molecule has 1 atom stereocenters. The van der Waals surface area contributed by atoms with Gasteiger partial charge in [0.05, 0.1) is 12.1 Å². The predicted molar refractivity (Wildman–Crippen MR) is 89.6 cm³/mol. The highest BCUT2D eigenvalue weighted by Gasteiger charge is 2.32. The summed E-state index contributed by atoms with van der Waals surface area (Å²) in [5, 5.41) is 2.09. The number of aromatic nitrogens is 3. The molecule has 1 N–H and O–H groups in total. The molecule has 0 aromatic carbocycles. The molecule has 0 spiro atoms. The molecule has 0 aliphatic heterocycles. The molecule has 0 saturated carbocycles. The Morgan fingerprint density at radius 2 is 1.89 bits per heavy atom. The second-order valence-electron chi connectivity index (χ2n) is 5.44. The summed E-state index contributed by atoms with van der Waals surface area (Å²) < 4.78 is 69.0. The van der Waals surface area contributed by atoms with E-state index < -0.39 is 30.0 Å². The van der Waals surface area contributed by atoms with E-state index in [1.54, 1.807) is 6.92 Å². The molecule has 0 unspecified atom stereocenters. The van der Waals surface area contributed by atoms with E-state index in [4.69, 9.17) is 27.9 Å². The van der Waals surface area contributed by atoms with Crippen LogP contribution in [-0.4, -0.2) is 27.6 Å². The maximum absolute atomic E-state index is 12.9. The van der Waals surface area contributed by atoms with Gasteiger partial charge < -0.3 is 10.1 Å². The van der Waals surface area contributed by atoms with Crippen LogP contribution in [0, 0.1) is 6.92 Å². The van der Waals surface area contributed by atoms with Crippen molar-refractivity contribution in [3.8, 4) is 5.88 Å². The van der Waals surface area contributed by atoms with Crippen molar-refractivity contribution < 1.29 is 26.7 Å². The Hall–Kier alpha value is -1.94. The Balaban J connectivity index is 2.06. The normalized spacial score (nSPS) is 13.0. The summed E-state index contributed by atoms with van der Waals surface area (Å²) in [6.07, 6.45) is -7.50. The van der Waals surface area contributed by atoms with Crippen LogP contribution in [0.15, 0.2) is 12.3 Å². The van der Waals surface area contributed by atoms with Gasteiger partial charge in [-0.1, -0.05) is 23.2 Å². The maximum Gasteiger partial charge on any atom is 0.417 e. The zero-order valence-corrected chi connectivity index (χ0v) is 15.4. The van der Waals surface area contributed by atoms with Gasteiger partial charge in [-0.2, -0.15) is 13.2 Å². The molecular formula is C15H13Cl2F5N4O. The molecule has 5 nitrogen and oxygen atoms in total. The lowest BCUT2D eigenvalue weighted by molar-refractivity contribution is -0.137. The fourth-order valence-electron chi connectivity index (χ4n) is 1.98. The van der Waals surface area contributed by atoms with Crippen molar-refractivity contribution in [3.63, 3.8) is 0 Å². The van der Waals surface area contributed by atoms with E-state index >= 15 is 0 Å². The zero-order valence-electron chi connectivity index (χ0n) is 13.9. The largest absolute Gasteiger partial charge is 0.472 e. The van der Waals surface area contributed by atoms with Crippen molar-refractivity contribution in [2.75, 3.05) is 11.9 Å². The summed E-state index contributed by atoms with van der Waals surface area (Å²) in [7, 11) is 0. The van der Waals surface area contributed by atoms with Crippen LogP contribution < -0.4 is 10.1 Å². The number of rotatable bonds is 6. The second kappa shape index (κ2) is 8.39. The number of hydrogen-bond donors (Lipinski definition) is 1.